The van der Waals surface area contributed by atoms with E-state index in [0.717, 1.165) is 42.5 Å². The van der Waals surface area contributed by atoms with Gasteiger partial charge in [0.2, 0.25) is 5.95 Å². The van der Waals surface area contributed by atoms with Crippen LogP contribution in [0.3, 0.4) is 0 Å². The SMILES string of the molecule is O=C(NCC1CCN(c2nsc(Cc3ccc(F)cc3)n2)CC1)Nc1ccc(Cl)c(Cl)c1. The van der Waals surface area contributed by atoms with Gasteiger partial charge in [0.15, 0.2) is 0 Å². The van der Waals surface area contributed by atoms with E-state index in [1.807, 2.05) is 0 Å². The first kappa shape index (κ1) is 22.8. The second-order valence-corrected chi connectivity index (χ2v) is 9.34. The molecule has 168 valence electrons. The lowest BCUT2D eigenvalue weighted by Crippen LogP contribution is -2.40. The van der Waals surface area contributed by atoms with Gasteiger partial charge in [-0.15, -0.1) is 0 Å². The predicted molar refractivity (Wildman–Crippen MR) is 128 cm³/mol. The zero-order valence-corrected chi connectivity index (χ0v) is 19.5. The molecule has 10 heteroatoms. The van der Waals surface area contributed by atoms with Gasteiger partial charge in [-0.1, -0.05) is 35.3 Å². The van der Waals surface area contributed by atoms with Crippen LogP contribution in [-0.4, -0.2) is 35.0 Å². The number of carbonyl (C=O) groups excluding carboxylic acids is 1. The smallest absolute Gasteiger partial charge is 0.319 e. The quantitative estimate of drug-likeness (QED) is 0.467. The second-order valence-electron chi connectivity index (χ2n) is 7.69. The van der Waals surface area contributed by atoms with Gasteiger partial charge in [0.1, 0.15) is 10.8 Å². The van der Waals surface area contributed by atoms with Crippen LogP contribution >= 0.6 is 34.7 Å². The summed E-state index contributed by atoms with van der Waals surface area (Å²) in [7, 11) is 0. The molecule has 0 saturated carbocycles. The molecule has 1 aromatic heterocycles. The number of anilines is 2. The highest BCUT2D eigenvalue weighted by molar-refractivity contribution is 7.05. The van der Waals surface area contributed by atoms with Crippen molar-refractivity contribution < 1.29 is 9.18 Å². The van der Waals surface area contributed by atoms with E-state index in [-0.39, 0.29) is 11.8 Å². The molecule has 1 saturated heterocycles. The lowest BCUT2D eigenvalue weighted by atomic mass is 9.97. The molecule has 0 unspecified atom stereocenters. The van der Waals surface area contributed by atoms with Crippen molar-refractivity contribution in [3.05, 3.63) is 68.9 Å². The highest BCUT2D eigenvalue weighted by atomic mass is 35.5. The first-order valence-electron chi connectivity index (χ1n) is 10.3. The largest absolute Gasteiger partial charge is 0.340 e. The van der Waals surface area contributed by atoms with Crippen molar-refractivity contribution in [3.63, 3.8) is 0 Å². The van der Waals surface area contributed by atoms with E-state index in [0.29, 0.717) is 34.6 Å². The third-order valence-corrected chi connectivity index (χ3v) is 6.79. The first-order valence-corrected chi connectivity index (χ1v) is 11.8. The fourth-order valence-electron chi connectivity index (χ4n) is 3.55. The molecule has 1 aliphatic rings. The molecule has 1 aliphatic heterocycles. The van der Waals surface area contributed by atoms with Crippen molar-refractivity contribution in [2.45, 2.75) is 19.3 Å². The van der Waals surface area contributed by atoms with Crippen molar-refractivity contribution in [1.29, 1.82) is 0 Å². The van der Waals surface area contributed by atoms with E-state index >= 15 is 0 Å². The molecule has 4 rings (SSSR count). The number of amides is 2. The molecule has 0 radical (unpaired) electrons. The average Bonchev–Trinajstić information content (AvgIpc) is 3.25. The van der Waals surface area contributed by atoms with Crippen molar-refractivity contribution in [2.24, 2.45) is 5.92 Å². The Hall–Kier alpha value is -2.42. The third kappa shape index (κ3) is 6.09. The number of rotatable bonds is 6. The minimum Gasteiger partial charge on any atom is -0.340 e. The van der Waals surface area contributed by atoms with Crippen LogP contribution in [-0.2, 0) is 6.42 Å². The molecule has 6 nitrogen and oxygen atoms in total. The van der Waals surface area contributed by atoms with Crippen molar-refractivity contribution >= 4 is 52.4 Å². The monoisotopic (exact) mass is 493 g/mol. The molecule has 3 aromatic rings. The van der Waals surface area contributed by atoms with Gasteiger partial charge in [-0.3, -0.25) is 0 Å². The highest BCUT2D eigenvalue weighted by Crippen LogP contribution is 2.25. The molecular weight excluding hydrogens is 472 g/mol. The van der Waals surface area contributed by atoms with Gasteiger partial charge in [-0.25, -0.2) is 14.2 Å². The molecule has 0 atom stereocenters. The number of carbonyl (C=O) groups is 1. The molecule has 32 heavy (non-hydrogen) atoms. The zero-order valence-electron chi connectivity index (χ0n) is 17.2. The van der Waals surface area contributed by atoms with E-state index < -0.39 is 0 Å². The summed E-state index contributed by atoms with van der Waals surface area (Å²) in [4.78, 5) is 19.0. The summed E-state index contributed by atoms with van der Waals surface area (Å²) in [6, 6.07) is 11.2. The topological polar surface area (TPSA) is 70.2 Å². The Bertz CT molecular complexity index is 1070. The predicted octanol–water partition coefficient (Wildman–Crippen LogP) is 5.61. The van der Waals surface area contributed by atoms with Crippen LogP contribution in [0.5, 0.6) is 0 Å². The van der Waals surface area contributed by atoms with Gasteiger partial charge in [0.05, 0.1) is 10.0 Å². The number of piperidine rings is 1. The van der Waals surface area contributed by atoms with E-state index in [4.69, 9.17) is 23.2 Å². The third-order valence-electron chi connectivity index (χ3n) is 5.35. The van der Waals surface area contributed by atoms with Crippen LogP contribution < -0.4 is 15.5 Å². The van der Waals surface area contributed by atoms with E-state index in [9.17, 15) is 9.18 Å². The fraction of sp³-hybridized carbons (Fsp3) is 0.318. The van der Waals surface area contributed by atoms with Crippen molar-refractivity contribution in [3.8, 4) is 0 Å². The van der Waals surface area contributed by atoms with Gasteiger partial charge in [0.25, 0.3) is 0 Å². The Morgan fingerprint density at radius 3 is 2.59 bits per heavy atom. The Kier molecular flexibility index (Phi) is 7.44. The van der Waals surface area contributed by atoms with Gasteiger partial charge in [-0.2, -0.15) is 4.37 Å². The maximum absolute atomic E-state index is 13.1. The van der Waals surface area contributed by atoms with Gasteiger partial charge in [-0.05, 0) is 66.2 Å². The average molecular weight is 494 g/mol. The number of urea groups is 1. The standard InChI is InChI=1S/C22H22Cl2FN5OS/c23-18-6-5-17(12-19(18)24)27-22(31)26-13-15-7-9-30(10-8-15)21-28-20(32-29-21)11-14-1-3-16(25)4-2-14/h1-6,12,15H,7-11,13H2,(H2,26,27,31). The number of benzene rings is 2. The van der Waals surface area contributed by atoms with E-state index in [1.165, 1.54) is 23.7 Å². The second kappa shape index (κ2) is 10.5. The summed E-state index contributed by atoms with van der Waals surface area (Å²) in [5, 5.41) is 7.45. The fourth-order valence-corrected chi connectivity index (χ4v) is 4.54. The minimum atomic E-state index is -0.266. The molecule has 2 heterocycles. The maximum Gasteiger partial charge on any atom is 0.319 e. The summed E-state index contributed by atoms with van der Waals surface area (Å²) < 4.78 is 17.6. The molecule has 0 spiro atoms. The van der Waals surface area contributed by atoms with Crippen LogP contribution in [0.2, 0.25) is 10.0 Å². The van der Waals surface area contributed by atoms with E-state index in [2.05, 4.69) is 24.9 Å². The van der Waals surface area contributed by atoms with E-state index in [1.54, 1.807) is 30.3 Å². The van der Waals surface area contributed by atoms with Gasteiger partial charge in [0, 0.05) is 31.7 Å². The molecule has 2 N–H and O–H groups in total. The van der Waals surface area contributed by atoms with Crippen LogP contribution in [0.15, 0.2) is 42.5 Å². The van der Waals surface area contributed by atoms with Gasteiger partial charge < -0.3 is 15.5 Å². The number of hydrogen-bond donors (Lipinski definition) is 2. The first-order chi connectivity index (χ1) is 15.5. The Morgan fingerprint density at radius 2 is 1.88 bits per heavy atom. The number of nitrogens with zero attached hydrogens (tertiary/aromatic N) is 3. The highest BCUT2D eigenvalue weighted by Gasteiger charge is 2.22. The van der Waals surface area contributed by atoms with Crippen LogP contribution in [0.25, 0.3) is 0 Å². The lowest BCUT2D eigenvalue weighted by Gasteiger charge is -2.31. The molecule has 0 aliphatic carbocycles. The summed E-state index contributed by atoms with van der Waals surface area (Å²) in [6.07, 6.45) is 2.53. The summed E-state index contributed by atoms with van der Waals surface area (Å²) in [5.74, 6) is 0.898. The number of aromatic nitrogens is 2. The van der Waals surface area contributed by atoms with Crippen molar-refractivity contribution in [1.82, 2.24) is 14.7 Å². The molecule has 1 fully saturated rings. The Balaban J connectivity index is 1.21. The lowest BCUT2D eigenvalue weighted by molar-refractivity contribution is 0.248. The van der Waals surface area contributed by atoms with Crippen LogP contribution in [0, 0.1) is 11.7 Å². The summed E-state index contributed by atoms with van der Waals surface area (Å²) >= 11 is 13.3. The molecule has 0 bridgehead atoms. The molecular formula is C22H22Cl2FN5OS. The summed E-state index contributed by atoms with van der Waals surface area (Å²) in [5.41, 5.74) is 1.61. The van der Waals surface area contributed by atoms with Gasteiger partial charge >= 0.3 is 6.03 Å². The molecule has 2 aromatic carbocycles. The zero-order chi connectivity index (χ0) is 22.5. The number of nitrogens with one attached hydrogen (secondary N) is 2. The van der Waals surface area contributed by atoms with Crippen LogP contribution in [0.4, 0.5) is 20.8 Å². The number of halogens is 3. The molecule has 2 amide bonds. The Morgan fingerprint density at radius 1 is 1.12 bits per heavy atom. The minimum absolute atomic E-state index is 0.240. The van der Waals surface area contributed by atoms with Crippen molar-refractivity contribution in [2.75, 3.05) is 29.9 Å². The van der Waals surface area contributed by atoms with Crippen LogP contribution in [0.1, 0.15) is 23.4 Å². The Labute approximate surface area is 199 Å². The summed E-state index contributed by atoms with van der Waals surface area (Å²) in [6.45, 7) is 2.28. The maximum atomic E-state index is 13.1. The normalized spacial score (nSPS) is 14.4. The number of hydrogen-bond acceptors (Lipinski definition) is 5.